The van der Waals surface area contributed by atoms with Gasteiger partial charge in [-0.25, -0.2) is 0 Å². The van der Waals surface area contributed by atoms with Gasteiger partial charge in [0.2, 0.25) is 11.8 Å². The predicted octanol–water partition coefficient (Wildman–Crippen LogP) is 1.55. The Balaban J connectivity index is 0.00000242. The number of piperidine rings is 1. The van der Waals surface area contributed by atoms with Crippen LogP contribution in [-0.4, -0.2) is 42.9 Å². The Morgan fingerprint density at radius 2 is 2.00 bits per heavy atom. The van der Waals surface area contributed by atoms with Crippen molar-refractivity contribution in [1.29, 1.82) is 0 Å². The molecule has 1 heterocycles. The first-order valence-corrected chi connectivity index (χ1v) is 8.44. The van der Waals surface area contributed by atoms with E-state index < -0.39 is 0 Å². The predicted molar refractivity (Wildman–Crippen MR) is 89.7 cm³/mol. The highest BCUT2D eigenvalue weighted by molar-refractivity contribution is 5.85. The Labute approximate surface area is 139 Å². The lowest BCUT2D eigenvalue weighted by Crippen LogP contribution is -2.48. The molecule has 0 spiro atoms. The van der Waals surface area contributed by atoms with Crippen molar-refractivity contribution in [3.8, 4) is 0 Å². The first-order valence-electron chi connectivity index (χ1n) is 8.44. The van der Waals surface area contributed by atoms with Gasteiger partial charge >= 0.3 is 0 Å². The topological polar surface area (TPSA) is 75.4 Å². The molecular weight excluding hydrogens is 302 g/mol. The number of nitrogens with one attached hydrogen (secondary N) is 1. The van der Waals surface area contributed by atoms with Crippen LogP contribution in [0.1, 0.15) is 45.4 Å². The molecule has 3 atom stereocenters. The van der Waals surface area contributed by atoms with Gasteiger partial charge in [-0.15, -0.1) is 12.4 Å². The van der Waals surface area contributed by atoms with Crippen LogP contribution in [0.3, 0.4) is 0 Å². The molecule has 1 saturated heterocycles. The number of carbonyl (C=O) groups is 2. The number of hydrogen-bond donors (Lipinski definition) is 2. The molecule has 1 aliphatic heterocycles. The Bertz CT molecular complexity index is 378. The molecule has 1 unspecified atom stereocenters. The van der Waals surface area contributed by atoms with E-state index in [4.69, 9.17) is 5.73 Å². The lowest BCUT2D eigenvalue weighted by Gasteiger charge is -2.34. The summed E-state index contributed by atoms with van der Waals surface area (Å²) in [6.45, 7) is 4.75. The first kappa shape index (κ1) is 19.2. The zero-order chi connectivity index (χ0) is 15.2. The van der Waals surface area contributed by atoms with Crippen molar-refractivity contribution < 1.29 is 9.59 Å². The molecule has 128 valence electrons. The van der Waals surface area contributed by atoms with Crippen molar-refractivity contribution in [2.75, 3.05) is 26.2 Å². The van der Waals surface area contributed by atoms with Crippen molar-refractivity contribution in [3.05, 3.63) is 0 Å². The smallest absolute Gasteiger partial charge is 0.226 e. The van der Waals surface area contributed by atoms with E-state index in [0.717, 1.165) is 51.6 Å². The van der Waals surface area contributed by atoms with Gasteiger partial charge in [0.05, 0.1) is 5.92 Å². The van der Waals surface area contributed by atoms with Gasteiger partial charge in [0, 0.05) is 25.6 Å². The maximum absolute atomic E-state index is 12.7. The van der Waals surface area contributed by atoms with Crippen molar-refractivity contribution >= 4 is 24.2 Å². The summed E-state index contributed by atoms with van der Waals surface area (Å²) in [5.74, 6) is 0.735. The Morgan fingerprint density at radius 1 is 1.23 bits per heavy atom. The fraction of sp³-hybridized carbons (Fsp3) is 0.875. The minimum atomic E-state index is -0.0352. The maximum atomic E-state index is 12.7. The summed E-state index contributed by atoms with van der Waals surface area (Å²) in [4.78, 5) is 26.7. The van der Waals surface area contributed by atoms with Crippen LogP contribution in [0.25, 0.3) is 0 Å². The zero-order valence-corrected chi connectivity index (χ0v) is 14.4. The third-order valence-corrected chi connectivity index (χ3v) is 4.93. The average molecular weight is 332 g/mol. The first-order chi connectivity index (χ1) is 10.2. The molecule has 2 fully saturated rings. The van der Waals surface area contributed by atoms with E-state index in [9.17, 15) is 9.59 Å². The number of likely N-dealkylation sites (tertiary alicyclic amines) is 1. The lowest BCUT2D eigenvalue weighted by molar-refractivity contribution is -0.140. The van der Waals surface area contributed by atoms with Gasteiger partial charge in [-0.05, 0) is 44.6 Å². The number of carbonyl (C=O) groups excluding carboxylic acids is 2. The lowest BCUT2D eigenvalue weighted by atomic mass is 9.91. The van der Waals surface area contributed by atoms with Gasteiger partial charge in [-0.3, -0.25) is 9.59 Å². The van der Waals surface area contributed by atoms with Crippen LogP contribution in [0.15, 0.2) is 0 Å². The highest BCUT2D eigenvalue weighted by Crippen LogP contribution is 2.33. The third-order valence-electron chi connectivity index (χ3n) is 4.93. The summed E-state index contributed by atoms with van der Waals surface area (Å²) >= 11 is 0. The van der Waals surface area contributed by atoms with Crippen LogP contribution < -0.4 is 11.1 Å². The number of nitrogens with two attached hydrogens (primary N) is 1. The van der Waals surface area contributed by atoms with Crippen molar-refractivity contribution in [2.45, 2.75) is 45.4 Å². The molecule has 0 aromatic carbocycles. The third kappa shape index (κ3) is 4.59. The molecule has 0 bridgehead atoms. The van der Waals surface area contributed by atoms with Gasteiger partial charge < -0.3 is 16.0 Å². The van der Waals surface area contributed by atoms with Gasteiger partial charge in [0.15, 0.2) is 0 Å². The molecule has 0 aromatic rings. The van der Waals surface area contributed by atoms with Crippen LogP contribution in [0.4, 0.5) is 0 Å². The standard InChI is InChI=1S/C16H29N3O2.ClH/c1-2-8-18-15(20)13-6-4-9-19(11-13)16(21)14-7-3-5-12(14)10-17;/h12-14H,2-11,17H2,1H3,(H,18,20);1H/t12-,13?,14-;/m1./s1. The molecule has 5 nitrogen and oxygen atoms in total. The monoisotopic (exact) mass is 331 g/mol. The molecule has 6 heteroatoms. The number of halogens is 1. The summed E-state index contributed by atoms with van der Waals surface area (Å²) < 4.78 is 0. The van der Waals surface area contributed by atoms with Crippen LogP contribution in [0.2, 0.25) is 0 Å². The Hall–Kier alpha value is -0.810. The summed E-state index contributed by atoms with van der Waals surface area (Å²) in [5.41, 5.74) is 5.79. The van der Waals surface area contributed by atoms with E-state index in [-0.39, 0.29) is 36.1 Å². The van der Waals surface area contributed by atoms with E-state index in [2.05, 4.69) is 5.32 Å². The van der Waals surface area contributed by atoms with Crippen LogP contribution in [0, 0.1) is 17.8 Å². The average Bonchev–Trinajstić information content (AvgIpc) is 3.00. The van der Waals surface area contributed by atoms with Gasteiger partial charge in [-0.1, -0.05) is 13.3 Å². The van der Waals surface area contributed by atoms with Crippen molar-refractivity contribution in [2.24, 2.45) is 23.5 Å². The molecule has 1 saturated carbocycles. The number of amides is 2. The summed E-state index contributed by atoms with van der Waals surface area (Å²) in [6.07, 6.45) is 5.90. The van der Waals surface area contributed by atoms with E-state index in [1.807, 2.05) is 11.8 Å². The maximum Gasteiger partial charge on any atom is 0.226 e. The van der Waals surface area contributed by atoms with E-state index in [1.54, 1.807) is 0 Å². The molecule has 2 aliphatic rings. The van der Waals surface area contributed by atoms with Gasteiger partial charge in [0.25, 0.3) is 0 Å². The number of rotatable bonds is 5. The van der Waals surface area contributed by atoms with Crippen LogP contribution in [0.5, 0.6) is 0 Å². The Kier molecular flexibility index (Phi) is 8.18. The fourth-order valence-electron chi connectivity index (χ4n) is 3.66. The fourth-order valence-corrected chi connectivity index (χ4v) is 3.66. The molecule has 0 radical (unpaired) electrons. The number of nitrogens with zero attached hydrogens (tertiary/aromatic N) is 1. The van der Waals surface area contributed by atoms with Gasteiger partial charge in [-0.2, -0.15) is 0 Å². The second-order valence-corrected chi connectivity index (χ2v) is 6.45. The molecule has 1 aliphatic carbocycles. The molecule has 3 N–H and O–H groups in total. The van der Waals surface area contributed by atoms with Crippen molar-refractivity contribution in [1.82, 2.24) is 10.2 Å². The number of hydrogen-bond acceptors (Lipinski definition) is 3. The molecule has 2 amide bonds. The van der Waals surface area contributed by atoms with Crippen LogP contribution >= 0.6 is 12.4 Å². The second-order valence-electron chi connectivity index (χ2n) is 6.45. The van der Waals surface area contributed by atoms with Crippen molar-refractivity contribution in [3.63, 3.8) is 0 Å². The molecule has 2 rings (SSSR count). The zero-order valence-electron chi connectivity index (χ0n) is 13.6. The molecule has 22 heavy (non-hydrogen) atoms. The minimum absolute atomic E-state index is 0. The van der Waals surface area contributed by atoms with E-state index in [1.165, 1.54) is 0 Å². The highest BCUT2D eigenvalue weighted by Gasteiger charge is 2.37. The summed E-state index contributed by atoms with van der Waals surface area (Å²) in [5, 5.41) is 2.95. The largest absolute Gasteiger partial charge is 0.356 e. The second kappa shape index (κ2) is 9.36. The Morgan fingerprint density at radius 3 is 2.68 bits per heavy atom. The summed E-state index contributed by atoms with van der Waals surface area (Å²) in [7, 11) is 0. The van der Waals surface area contributed by atoms with Gasteiger partial charge in [0.1, 0.15) is 0 Å². The molecule has 0 aromatic heterocycles. The minimum Gasteiger partial charge on any atom is -0.356 e. The highest BCUT2D eigenvalue weighted by atomic mass is 35.5. The quantitative estimate of drug-likeness (QED) is 0.802. The van der Waals surface area contributed by atoms with E-state index in [0.29, 0.717) is 19.0 Å². The summed E-state index contributed by atoms with van der Waals surface area (Å²) in [6, 6.07) is 0. The normalized spacial score (nSPS) is 28.1. The molecular formula is C16H30ClN3O2. The van der Waals surface area contributed by atoms with E-state index >= 15 is 0 Å². The van der Waals surface area contributed by atoms with Crippen LogP contribution in [-0.2, 0) is 9.59 Å². The SMILES string of the molecule is CCCNC(=O)C1CCCN(C(=O)[C@@H]2CCC[C@@H]2CN)C1.Cl.